The Morgan fingerprint density at radius 2 is 1.91 bits per heavy atom. The van der Waals surface area contributed by atoms with Gasteiger partial charge in [0.25, 0.3) is 0 Å². The van der Waals surface area contributed by atoms with Gasteiger partial charge in [0.1, 0.15) is 18.4 Å². The molecular formula is C6H12N3OP. The molecule has 0 aromatic carbocycles. The van der Waals surface area contributed by atoms with Gasteiger partial charge < -0.3 is 4.74 Å². The van der Waals surface area contributed by atoms with Gasteiger partial charge in [0.2, 0.25) is 0 Å². The van der Waals surface area contributed by atoms with Crippen molar-refractivity contribution in [3.63, 3.8) is 0 Å². The second kappa shape index (κ2) is 3.79. The Hall–Kier alpha value is -0.470. The predicted molar refractivity (Wildman–Crippen MR) is 45.2 cm³/mol. The van der Waals surface area contributed by atoms with Crippen molar-refractivity contribution in [2.75, 3.05) is 6.35 Å². The van der Waals surface area contributed by atoms with E-state index >= 15 is 0 Å². The third-order valence-electron chi connectivity index (χ3n) is 1.46. The summed E-state index contributed by atoms with van der Waals surface area (Å²) in [6.07, 6.45) is 0.636. The summed E-state index contributed by atoms with van der Waals surface area (Å²) in [4.78, 5) is 0. The first-order valence-electron chi connectivity index (χ1n) is 3.40. The van der Waals surface area contributed by atoms with Gasteiger partial charge in [-0.25, -0.2) is 0 Å². The molecule has 0 spiro atoms. The van der Waals surface area contributed by atoms with Crippen LogP contribution in [0, 0.1) is 13.8 Å². The summed E-state index contributed by atoms with van der Waals surface area (Å²) in [6, 6.07) is 0. The van der Waals surface area contributed by atoms with Crippen molar-refractivity contribution in [2.45, 2.75) is 20.6 Å². The molecule has 0 N–H and O–H groups in total. The van der Waals surface area contributed by atoms with Crippen LogP contribution in [0.4, 0.5) is 0 Å². The minimum Gasteiger partial charge on any atom is -0.357 e. The zero-order chi connectivity index (χ0) is 8.27. The van der Waals surface area contributed by atoms with Gasteiger partial charge in [-0.3, -0.25) is 4.57 Å². The second-order valence-electron chi connectivity index (χ2n) is 2.22. The summed E-state index contributed by atoms with van der Waals surface area (Å²) in [5.74, 6) is 1.78. The molecule has 0 saturated heterocycles. The van der Waals surface area contributed by atoms with Gasteiger partial charge in [0.15, 0.2) is 0 Å². The van der Waals surface area contributed by atoms with Crippen molar-refractivity contribution in [3.05, 3.63) is 11.6 Å². The molecule has 62 valence electrons. The topological polar surface area (TPSA) is 39.9 Å². The second-order valence-corrected chi connectivity index (χ2v) is 2.56. The van der Waals surface area contributed by atoms with Gasteiger partial charge in [-0.1, -0.05) is 0 Å². The SMILES string of the molecule is Cc1nnc(C)n1COCP. The van der Waals surface area contributed by atoms with Crippen LogP contribution in [0.15, 0.2) is 0 Å². The van der Waals surface area contributed by atoms with E-state index in [4.69, 9.17) is 4.74 Å². The van der Waals surface area contributed by atoms with Crippen LogP contribution in [0.25, 0.3) is 0 Å². The van der Waals surface area contributed by atoms with E-state index in [2.05, 4.69) is 19.4 Å². The molecule has 0 radical (unpaired) electrons. The Morgan fingerprint density at radius 3 is 2.36 bits per heavy atom. The molecule has 0 amide bonds. The summed E-state index contributed by atoms with van der Waals surface area (Å²) < 4.78 is 7.11. The van der Waals surface area contributed by atoms with Gasteiger partial charge in [0.05, 0.1) is 6.35 Å². The molecule has 5 heteroatoms. The highest BCUT2D eigenvalue weighted by Crippen LogP contribution is 1.99. The molecule has 1 atom stereocenters. The van der Waals surface area contributed by atoms with Gasteiger partial charge in [0, 0.05) is 0 Å². The summed E-state index contributed by atoms with van der Waals surface area (Å²) in [5.41, 5.74) is 0. The molecule has 0 fully saturated rings. The molecule has 4 nitrogen and oxygen atoms in total. The lowest BCUT2D eigenvalue weighted by molar-refractivity contribution is 0.114. The minimum absolute atomic E-state index is 0.536. The van der Waals surface area contributed by atoms with E-state index in [1.807, 2.05) is 18.4 Å². The average Bonchev–Trinajstić information content (AvgIpc) is 2.29. The van der Waals surface area contributed by atoms with Crippen molar-refractivity contribution in [1.29, 1.82) is 0 Å². The van der Waals surface area contributed by atoms with Crippen LogP contribution in [-0.4, -0.2) is 21.1 Å². The van der Waals surface area contributed by atoms with E-state index in [0.717, 1.165) is 11.6 Å². The van der Waals surface area contributed by atoms with E-state index in [1.54, 1.807) is 0 Å². The van der Waals surface area contributed by atoms with Crippen LogP contribution < -0.4 is 0 Å². The molecular weight excluding hydrogens is 161 g/mol. The maximum Gasteiger partial charge on any atom is 0.131 e. The van der Waals surface area contributed by atoms with Crippen LogP contribution in [-0.2, 0) is 11.5 Å². The van der Waals surface area contributed by atoms with E-state index < -0.39 is 0 Å². The Balaban J connectivity index is 2.67. The van der Waals surface area contributed by atoms with Crippen LogP contribution in [0.2, 0.25) is 0 Å². The van der Waals surface area contributed by atoms with Crippen LogP contribution in [0.3, 0.4) is 0 Å². The smallest absolute Gasteiger partial charge is 0.131 e. The Labute approximate surface area is 68.2 Å². The fraction of sp³-hybridized carbons (Fsp3) is 0.667. The van der Waals surface area contributed by atoms with Crippen molar-refractivity contribution in [3.8, 4) is 0 Å². The zero-order valence-electron chi connectivity index (χ0n) is 6.74. The highest BCUT2D eigenvalue weighted by molar-refractivity contribution is 7.16. The largest absolute Gasteiger partial charge is 0.357 e. The van der Waals surface area contributed by atoms with Gasteiger partial charge in [-0.2, -0.15) is 0 Å². The molecule has 11 heavy (non-hydrogen) atoms. The molecule has 0 bridgehead atoms. The lowest BCUT2D eigenvalue weighted by Gasteiger charge is -2.04. The number of rotatable bonds is 3. The lowest BCUT2D eigenvalue weighted by atomic mass is 10.6. The Morgan fingerprint density at radius 1 is 1.36 bits per heavy atom. The van der Waals surface area contributed by atoms with Crippen LogP contribution >= 0.6 is 9.24 Å². The fourth-order valence-electron chi connectivity index (χ4n) is 0.818. The first-order valence-corrected chi connectivity index (χ1v) is 4.21. The molecule has 0 saturated carbocycles. The fourth-order valence-corrected chi connectivity index (χ4v) is 0.923. The number of aryl methyl sites for hydroxylation is 2. The zero-order valence-corrected chi connectivity index (χ0v) is 7.90. The summed E-state index contributed by atoms with van der Waals surface area (Å²) >= 11 is 0. The highest BCUT2D eigenvalue weighted by Gasteiger charge is 2.01. The van der Waals surface area contributed by atoms with Crippen molar-refractivity contribution in [1.82, 2.24) is 14.8 Å². The predicted octanol–water partition coefficient (Wildman–Crippen LogP) is 0.702. The lowest BCUT2D eigenvalue weighted by Crippen LogP contribution is -2.05. The summed E-state index contributed by atoms with van der Waals surface area (Å²) in [7, 11) is 2.50. The number of hydrogen-bond acceptors (Lipinski definition) is 3. The van der Waals surface area contributed by atoms with Gasteiger partial charge >= 0.3 is 0 Å². The van der Waals surface area contributed by atoms with E-state index in [-0.39, 0.29) is 0 Å². The molecule has 1 aromatic heterocycles. The Bertz CT molecular complexity index is 216. The first-order chi connectivity index (χ1) is 5.25. The number of nitrogens with zero attached hydrogens (tertiary/aromatic N) is 3. The summed E-state index contributed by atoms with van der Waals surface area (Å²) in [6.45, 7) is 4.35. The maximum absolute atomic E-state index is 5.19. The minimum atomic E-state index is 0.536. The first kappa shape index (κ1) is 8.62. The normalized spacial score (nSPS) is 10.5. The third-order valence-corrected chi connectivity index (χ3v) is 1.69. The van der Waals surface area contributed by atoms with Crippen molar-refractivity contribution >= 4 is 9.24 Å². The van der Waals surface area contributed by atoms with E-state index in [9.17, 15) is 0 Å². The van der Waals surface area contributed by atoms with Crippen molar-refractivity contribution < 1.29 is 4.74 Å². The average molecular weight is 173 g/mol. The van der Waals surface area contributed by atoms with E-state index in [0.29, 0.717) is 13.1 Å². The highest BCUT2D eigenvalue weighted by atomic mass is 31.0. The summed E-state index contributed by atoms with van der Waals surface area (Å²) in [5, 5.41) is 7.79. The number of ether oxygens (including phenoxy) is 1. The standard InChI is InChI=1S/C6H12N3OP/c1-5-7-8-6(2)9(5)3-10-4-11/h3-4,11H2,1-2H3. The van der Waals surface area contributed by atoms with Crippen molar-refractivity contribution in [2.24, 2.45) is 0 Å². The van der Waals surface area contributed by atoms with Crippen LogP contribution in [0.1, 0.15) is 11.6 Å². The third kappa shape index (κ3) is 1.98. The van der Waals surface area contributed by atoms with E-state index in [1.165, 1.54) is 0 Å². The van der Waals surface area contributed by atoms with Crippen LogP contribution in [0.5, 0.6) is 0 Å². The molecule has 1 unspecified atom stereocenters. The monoisotopic (exact) mass is 173 g/mol. The number of aromatic nitrogens is 3. The number of hydrogen-bond donors (Lipinski definition) is 0. The quantitative estimate of drug-likeness (QED) is 0.632. The van der Waals surface area contributed by atoms with Gasteiger partial charge in [-0.05, 0) is 13.8 Å². The molecule has 1 aromatic rings. The maximum atomic E-state index is 5.19. The molecule has 1 heterocycles. The molecule has 0 aliphatic heterocycles. The molecule has 1 rings (SSSR count). The Kier molecular flexibility index (Phi) is 2.97. The molecule has 0 aliphatic carbocycles. The van der Waals surface area contributed by atoms with Gasteiger partial charge in [-0.15, -0.1) is 19.4 Å². The molecule has 0 aliphatic rings.